The maximum atomic E-state index is 5.53. The number of thiazole rings is 1. The predicted molar refractivity (Wildman–Crippen MR) is 73.7 cm³/mol. The highest BCUT2D eigenvalue weighted by atomic mass is 32.1. The van der Waals surface area contributed by atoms with E-state index in [1.807, 2.05) is 13.8 Å². The van der Waals surface area contributed by atoms with Gasteiger partial charge in [-0.25, -0.2) is 9.97 Å². The van der Waals surface area contributed by atoms with Gasteiger partial charge in [0.05, 0.1) is 15.6 Å². The monoisotopic (exact) mass is 265 g/mol. The Morgan fingerprint density at radius 1 is 1.33 bits per heavy atom. The first kappa shape index (κ1) is 13.2. The third-order valence-corrected chi connectivity index (χ3v) is 3.61. The first-order chi connectivity index (χ1) is 8.37. The molecule has 0 saturated carbocycles. The quantitative estimate of drug-likeness (QED) is 0.925. The lowest BCUT2D eigenvalue weighted by Crippen LogP contribution is -2.35. The molecule has 0 bridgehead atoms. The Hall–Kier alpha value is -1.20. The summed E-state index contributed by atoms with van der Waals surface area (Å²) < 4.78 is 5.53. The van der Waals surface area contributed by atoms with Crippen LogP contribution in [-0.2, 0) is 6.54 Å². The molecule has 0 aromatic carbocycles. The zero-order chi connectivity index (χ0) is 13.3. The van der Waals surface area contributed by atoms with Gasteiger partial charge in [0, 0.05) is 12.1 Å². The highest BCUT2D eigenvalue weighted by Crippen LogP contribution is 2.31. The smallest absolute Gasteiger partial charge is 0.181 e. The topological polar surface area (TPSA) is 51.0 Å². The van der Waals surface area contributed by atoms with Crippen LogP contribution in [0.2, 0.25) is 0 Å². The second kappa shape index (κ2) is 4.82. The molecular weight excluding hydrogens is 246 g/mol. The minimum atomic E-state index is 0.0644. The zero-order valence-corrected chi connectivity index (χ0v) is 12.3. The Morgan fingerprint density at radius 3 is 2.61 bits per heavy atom. The van der Waals surface area contributed by atoms with Gasteiger partial charge in [-0.15, -0.1) is 11.3 Å². The Labute approximate surface area is 111 Å². The number of oxazole rings is 1. The second-order valence-corrected chi connectivity index (χ2v) is 6.58. The van der Waals surface area contributed by atoms with E-state index in [0.717, 1.165) is 27.0 Å². The minimum Gasteiger partial charge on any atom is -0.442 e. The van der Waals surface area contributed by atoms with Crippen molar-refractivity contribution >= 4 is 11.3 Å². The fourth-order valence-corrected chi connectivity index (χ4v) is 2.60. The Kier molecular flexibility index (Phi) is 3.54. The zero-order valence-electron chi connectivity index (χ0n) is 11.5. The van der Waals surface area contributed by atoms with Gasteiger partial charge >= 0.3 is 0 Å². The molecule has 0 aliphatic carbocycles. The summed E-state index contributed by atoms with van der Waals surface area (Å²) in [6.07, 6.45) is 1.50. The van der Waals surface area contributed by atoms with Crippen LogP contribution in [0.5, 0.6) is 0 Å². The summed E-state index contributed by atoms with van der Waals surface area (Å²) in [5.74, 6) is 0.842. The first-order valence-corrected chi connectivity index (χ1v) is 6.80. The van der Waals surface area contributed by atoms with Gasteiger partial charge in [0.1, 0.15) is 5.69 Å². The van der Waals surface area contributed by atoms with Gasteiger partial charge in [0.2, 0.25) is 0 Å². The molecule has 1 N–H and O–H groups in total. The molecule has 4 nitrogen and oxygen atoms in total. The van der Waals surface area contributed by atoms with Crippen molar-refractivity contribution in [2.24, 2.45) is 0 Å². The fourth-order valence-electron chi connectivity index (χ4n) is 1.67. The van der Waals surface area contributed by atoms with E-state index >= 15 is 0 Å². The van der Waals surface area contributed by atoms with E-state index in [1.54, 1.807) is 11.3 Å². The van der Waals surface area contributed by atoms with Crippen molar-refractivity contribution in [3.63, 3.8) is 0 Å². The molecule has 0 aliphatic rings. The minimum absolute atomic E-state index is 0.0644. The fraction of sp³-hybridized carbons (Fsp3) is 0.538. The molecule has 18 heavy (non-hydrogen) atoms. The van der Waals surface area contributed by atoms with E-state index in [2.05, 4.69) is 36.1 Å². The van der Waals surface area contributed by atoms with Crippen LogP contribution >= 0.6 is 11.3 Å². The summed E-state index contributed by atoms with van der Waals surface area (Å²) in [6.45, 7) is 11.1. The van der Waals surface area contributed by atoms with Gasteiger partial charge in [0.25, 0.3) is 0 Å². The van der Waals surface area contributed by atoms with Crippen LogP contribution in [0.3, 0.4) is 0 Å². The molecule has 0 atom stereocenters. The van der Waals surface area contributed by atoms with Crippen LogP contribution < -0.4 is 5.32 Å². The van der Waals surface area contributed by atoms with Crippen LogP contribution in [0.15, 0.2) is 10.8 Å². The van der Waals surface area contributed by atoms with Crippen LogP contribution in [0, 0.1) is 13.8 Å². The molecular formula is C13H19N3OS. The highest BCUT2D eigenvalue weighted by molar-refractivity contribution is 7.15. The van der Waals surface area contributed by atoms with E-state index < -0.39 is 0 Å². The summed E-state index contributed by atoms with van der Waals surface area (Å²) in [5, 5.41) is 4.47. The summed E-state index contributed by atoms with van der Waals surface area (Å²) in [4.78, 5) is 9.80. The van der Waals surface area contributed by atoms with E-state index in [1.165, 1.54) is 6.39 Å². The Balaban J connectivity index is 2.25. The van der Waals surface area contributed by atoms with Crippen molar-refractivity contribution in [1.82, 2.24) is 15.3 Å². The summed E-state index contributed by atoms with van der Waals surface area (Å²) in [5.41, 5.74) is 2.01. The third-order valence-electron chi connectivity index (χ3n) is 2.54. The van der Waals surface area contributed by atoms with Crippen LogP contribution in [-0.4, -0.2) is 15.5 Å². The summed E-state index contributed by atoms with van der Waals surface area (Å²) >= 11 is 1.65. The van der Waals surface area contributed by atoms with Crippen LogP contribution in [0.4, 0.5) is 0 Å². The van der Waals surface area contributed by atoms with Gasteiger partial charge in [-0.1, -0.05) is 0 Å². The molecule has 0 spiro atoms. The average molecular weight is 265 g/mol. The number of nitrogens with zero attached hydrogens (tertiary/aromatic N) is 2. The van der Waals surface area contributed by atoms with Crippen molar-refractivity contribution < 1.29 is 4.42 Å². The summed E-state index contributed by atoms with van der Waals surface area (Å²) in [6, 6.07) is 0. The van der Waals surface area contributed by atoms with Crippen molar-refractivity contribution in [3.05, 3.63) is 22.8 Å². The molecule has 2 aromatic heterocycles. The number of aromatic nitrogens is 2. The highest BCUT2D eigenvalue weighted by Gasteiger charge is 2.18. The molecule has 0 fully saturated rings. The lowest BCUT2D eigenvalue weighted by atomic mass is 10.1. The first-order valence-electron chi connectivity index (χ1n) is 5.98. The average Bonchev–Trinajstić information content (AvgIpc) is 2.80. The van der Waals surface area contributed by atoms with E-state index in [0.29, 0.717) is 6.54 Å². The number of nitrogens with one attached hydrogen (secondary N) is 1. The van der Waals surface area contributed by atoms with Crippen molar-refractivity contribution in [1.29, 1.82) is 0 Å². The molecule has 2 aromatic rings. The second-order valence-electron chi connectivity index (χ2n) is 5.38. The molecule has 2 heterocycles. The Bertz CT molecular complexity index is 537. The number of rotatable bonds is 3. The Morgan fingerprint density at radius 2 is 2.06 bits per heavy atom. The summed E-state index contributed by atoms with van der Waals surface area (Å²) in [7, 11) is 0. The normalized spacial score (nSPS) is 12.1. The maximum absolute atomic E-state index is 5.53. The van der Waals surface area contributed by atoms with E-state index in [9.17, 15) is 0 Å². The van der Waals surface area contributed by atoms with E-state index in [-0.39, 0.29) is 5.54 Å². The third kappa shape index (κ3) is 2.97. The van der Waals surface area contributed by atoms with Crippen molar-refractivity contribution in [3.8, 4) is 10.6 Å². The molecule has 0 radical (unpaired) electrons. The lowest BCUT2D eigenvalue weighted by molar-refractivity contribution is 0.421. The molecule has 0 aliphatic heterocycles. The largest absolute Gasteiger partial charge is 0.442 e. The molecule has 0 unspecified atom stereocenters. The van der Waals surface area contributed by atoms with Crippen molar-refractivity contribution in [2.45, 2.75) is 46.7 Å². The predicted octanol–water partition coefficient (Wildman–Crippen LogP) is 3.30. The van der Waals surface area contributed by atoms with Crippen LogP contribution in [0.1, 0.15) is 37.2 Å². The maximum Gasteiger partial charge on any atom is 0.181 e. The number of hydrogen-bond acceptors (Lipinski definition) is 5. The molecule has 98 valence electrons. The molecule has 5 heteroatoms. The molecule has 0 saturated heterocycles. The van der Waals surface area contributed by atoms with Gasteiger partial charge in [-0.3, -0.25) is 0 Å². The van der Waals surface area contributed by atoms with Gasteiger partial charge in [0.15, 0.2) is 12.2 Å². The molecule has 0 amide bonds. The van der Waals surface area contributed by atoms with Gasteiger partial charge in [-0.05, 0) is 34.6 Å². The SMILES string of the molecule is Cc1nc(C)c(-c2ocnc2CNC(C)(C)C)s1. The van der Waals surface area contributed by atoms with Crippen molar-refractivity contribution in [2.75, 3.05) is 0 Å². The van der Waals surface area contributed by atoms with Crippen LogP contribution in [0.25, 0.3) is 10.6 Å². The van der Waals surface area contributed by atoms with Gasteiger partial charge < -0.3 is 9.73 Å². The van der Waals surface area contributed by atoms with Gasteiger partial charge in [-0.2, -0.15) is 0 Å². The lowest BCUT2D eigenvalue weighted by Gasteiger charge is -2.19. The number of hydrogen-bond donors (Lipinski definition) is 1. The standard InChI is InChI=1S/C13H19N3OS/c1-8-12(18-9(2)16-8)11-10(14-7-17-11)6-15-13(3,4)5/h7,15H,6H2,1-5H3. The molecule has 2 rings (SSSR count). The van der Waals surface area contributed by atoms with E-state index in [4.69, 9.17) is 4.42 Å². The number of aryl methyl sites for hydroxylation is 2.